The first kappa shape index (κ1) is 12.7. The maximum Gasteiger partial charge on any atom is 0.427 e. The summed E-state index contributed by atoms with van der Waals surface area (Å²) in [7, 11) is 0. The average molecular weight is 274 g/mol. The maximum absolute atomic E-state index is 12.3. The molecule has 18 heavy (non-hydrogen) atoms. The maximum atomic E-state index is 12.3. The highest BCUT2D eigenvalue weighted by molar-refractivity contribution is 7.15. The third kappa shape index (κ3) is 2.92. The second-order valence-corrected chi connectivity index (χ2v) is 4.54. The Hall–Kier alpha value is -1.76. The van der Waals surface area contributed by atoms with Crippen LogP contribution in [0.1, 0.15) is 10.4 Å². The quantitative estimate of drug-likeness (QED) is 0.900. The summed E-state index contributed by atoms with van der Waals surface area (Å²) >= 11 is 0.536. The molecule has 7 heteroatoms. The lowest BCUT2D eigenvalue weighted by molar-refractivity contribution is -0.134. The zero-order chi connectivity index (χ0) is 13.2. The first-order valence-corrected chi connectivity index (χ1v) is 5.82. The Balaban J connectivity index is 2.03. The van der Waals surface area contributed by atoms with Crippen molar-refractivity contribution in [2.45, 2.75) is 12.7 Å². The van der Waals surface area contributed by atoms with Crippen molar-refractivity contribution in [1.29, 1.82) is 0 Å². The highest BCUT2D eigenvalue weighted by atomic mass is 32.1. The van der Waals surface area contributed by atoms with Crippen molar-refractivity contribution in [3.63, 3.8) is 0 Å². The van der Waals surface area contributed by atoms with E-state index in [4.69, 9.17) is 0 Å². The van der Waals surface area contributed by atoms with E-state index in [2.05, 4.69) is 10.3 Å². The Morgan fingerprint density at radius 2 is 2.00 bits per heavy atom. The molecule has 0 unspecified atom stereocenters. The predicted octanol–water partition coefficient (Wildman–Crippen LogP) is 3.48. The molecule has 0 bridgehead atoms. The first-order chi connectivity index (χ1) is 8.47. The van der Waals surface area contributed by atoms with Crippen molar-refractivity contribution in [1.82, 2.24) is 4.98 Å². The van der Waals surface area contributed by atoms with Crippen LogP contribution < -0.4 is 5.32 Å². The summed E-state index contributed by atoms with van der Waals surface area (Å²) in [6.45, 7) is 0.220. The zero-order valence-corrected chi connectivity index (χ0v) is 9.85. The van der Waals surface area contributed by atoms with E-state index in [1.165, 1.54) is 6.07 Å². The van der Waals surface area contributed by atoms with Crippen LogP contribution in [0.2, 0.25) is 0 Å². The SMILES string of the molecule is Oc1ccccc1CNc1ncc(C(F)(F)F)s1. The van der Waals surface area contributed by atoms with E-state index in [1.54, 1.807) is 18.2 Å². The zero-order valence-electron chi connectivity index (χ0n) is 9.03. The summed E-state index contributed by atoms with van der Waals surface area (Å²) in [4.78, 5) is 2.89. The van der Waals surface area contributed by atoms with Crippen molar-refractivity contribution in [3.05, 3.63) is 40.9 Å². The first-order valence-electron chi connectivity index (χ1n) is 5.00. The van der Waals surface area contributed by atoms with Gasteiger partial charge in [-0.25, -0.2) is 4.98 Å². The Kier molecular flexibility index (Phi) is 3.42. The van der Waals surface area contributed by atoms with Crippen LogP contribution in [-0.2, 0) is 12.7 Å². The summed E-state index contributed by atoms with van der Waals surface area (Å²) < 4.78 is 37.0. The lowest BCUT2D eigenvalue weighted by atomic mass is 10.2. The molecule has 0 amide bonds. The molecule has 1 aromatic carbocycles. The van der Waals surface area contributed by atoms with Crippen LogP contribution in [0, 0.1) is 0 Å². The molecule has 2 N–H and O–H groups in total. The van der Waals surface area contributed by atoms with E-state index in [0.717, 1.165) is 6.20 Å². The molecular formula is C11H9F3N2OS. The molecule has 0 saturated carbocycles. The summed E-state index contributed by atoms with van der Waals surface area (Å²) in [6, 6.07) is 6.60. The lowest BCUT2D eigenvalue weighted by Gasteiger charge is -2.04. The van der Waals surface area contributed by atoms with E-state index < -0.39 is 11.1 Å². The fraction of sp³-hybridized carbons (Fsp3) is 0.182. The van der Waals surface area contributed by atoms with Crippen LogP contribution in [-0.4, -0.2) is 10.1 Å². The number of phenolic OH excluding ortho intramolecular Hbond substituents is 1. The number of halogens is 3. The molecular weight excluding hydrogens is 265 g/mol. The van der Waals surface area contributed by atoms with E-state index in [-0.39, 0.29) is 17.4 Å². The third-order valence-electron chi connectivity index (χ3n) is 2.21. The van der Waals surface area contributed by atoms with E-state index >= 15 is 0 Å². The molecule has 3 nitrogen and oxygen atoms in total. The van der Waals surface area contributed by atoms with Crippen molar-refractivity contribution in [2.75, 3.05) is 5.32 Å². The van der Waals surface area contributed by atoms with Gasteiger partial charge in [0.25, 0.3) is 0 Å². The van der Waals surface area contributed by atoms with Gasteiger partial charge in [-0.05, 0) is 6.07 Å². The second kappa shape index (κ2) is 4.85. The molecule has 1 aromatic heterocycles. The summed E-state index contributed by atoms with van der Waals surface area (Å²) in [5.41, 5.74) is 0.598. The number of nitrogens with zero attached hydrogens (tertiary/aromatic N) is 1. The fourth-order valence-electron chi connectivity index (χ4n) is 1.32. The van der Waals surface area contributed by atoms with Crippen LogP contribution in [0.3, 0.4) is 0 Å². The molecule has 1 heterocycles. The molecule has 0 aliphatic rings. The summed E-state index contributed by atoms with van der Waals surface area (Å²) in [5, 5.41) is 12.4. The highest BCUT2D eigenvalue weighted by Crippen LogP contribution is 2.35. The van der Waals surface area contributed by atoms with Gasteiger partial charge >= 0.3 is 6.18 Å². The fourth-order valence-corrected chi connectivity index (χ4v) is 2.00. The van der Waals surface area contributed by atoms with Gasteiger partial charge in [0.15, 0.2) is 5.13 Å². The van der Waals surface area contributed by atoms with Crippen LogP contribution in [0.4, 0.5) is 18.3 Å². The number of hydrogen-bond acceptors (Lipinski definition) is 4. The molecule has 0 atom stereocenters. The number of anilines is 1. The Bertz CT molecular complexity index is 539. The van der Waals surface area contributed by atoms with Gasteiger partial charge in [-0.15, -0.1) is 0 Å². The number of para-hydroxylation sites is 1. The number of phenols is 1. The minimum absolute atomic E-state index is 0.0950. The molecule has 0 aliphatic heterocycles. The van der Waals surface area contributed by atoms with Crippen LogP contribution in [0.5, 0.6) is 5.75 Å². The number of aromatic hydroxyl groups is 1. The Morgan fingerprint density at radius 1 is 1.28 bits per heavy atom. The number of hydrogen-bond donors (Lipinski definition) is 2. The molecule has 0 radical (unpaired) electrons. The normalized spacial score (nSPS) is 11.5. The number of alkyl halides is 3. The van der Waals surface area contributed by atoms with Crippen molar-refractivity contribution in [3.8, 4) is 5.75 Å². The van der Waals surface area contributed by atoms with Crippen molar-refractivity contribution < 1.29 is 18.3 Å². The number of aromatic nitrogens is 1. The number of benzene rings is 1. The number of nitrogens with one attached hydrogen (secondary N) is 1. The van der Waals surface area contributed by atoms with Crippen LogP contribution in [0.25, 0.3) is 0 Å². The Labute approximate surface area is 105 Å². The number of thiazole rings is 1. The average Bonchev–Trinajstić information content (AvgIpc) is 2.76. The lowest BCUT2D eigenvalue weighted by Crippen LogP contribution is -2.00. The molecule has 2 aromatic rings. The smallest absolute Gasteiger partial charge is 0.427 e. The standard InChI is InChI=1S/C11H9F3N2OS/c12-11(13,14)9-6-16-10(18-9)15-5-7-3-1-2-4-8(7)17/h1-4,6,17H,5H2,(H,15,16). The van der Waals surface area contributed by atoms with Crippen LogP contribution >= 0.6 is 11.3 Å². The third-order valence-corrected chi connectivity index (χ3v) is 3.21. The highest BCUT2D eigenvalue weighted by Gasteiger charge is 2.33. The molecule has 0 saturated heterocycles. The minimum Gasteiger partial charge on any atom is -0.508 e. The van der Waals surface area contributed by atoms with Crippen molar-refractivity contribution in [2.24, 2.45) is 0 Å². The van der Waals surface area contributed by atoms with Gasteiger partial charge < -0.3 is 10.4 Å². The van der Waals surface area contributed by atoms with Gasteiger partial charge in [-0.2, -0.15) is 13.2 Å². The van der Waals surface area contributed by atoms with E-state index in [1.807, 2.05) is 0 Å². The van der Waals surface area contributed by atoms with E-state index in [0.29, 0.717) is 16.9 Å². The molecule has 0 fully saturated rings. The molecule has 0 spiro atoms. The van der Waals surface area contributed by atoms with E-state index in [9.17, 15) is 18.3 Å². The van der Waals surface area contributed by atoms with Gasteiger partial charge in [0.05, 0.1) is 6.20 Å². The largest absolute Gasteiger partial charge is 0.508 e. The molecule has 2 rings (SSSR count). The predicted molar refractivity (Wildman–Crippen MR) is 62.5 cm³/mol. The molecule has 0 aliphatic carbocycles. The molecule has 96 valence electrons. The van der Waals surface area contributed by atoms with Crippen molar-refractivity contribution >= 4 is 16.5 Å². The second-order valence-electron chi connectivity index (χ2n) is 3.51. The van der Waals surface area contributed by atoms with Gasteiger partial charge in [0.2, 0.25) is 0 Å². The topological polar surface area (TPSA) is 45.1 Å². The van der Waals surface area contributed by atoms with Gasteiger partial charge in [-0.3, -0.25) is 0 Å². The van der Waals surface area contributed by atoms with Crippen LogP contribution in [0.15, 0.2) is 30.5 Å². The minimum atomic E-state index is -4.37. The summed E-state index contributed by atoms with van der Waals surface area (Å²) in [5.74, 6) is 0.0950. The number of rotatable bonds is 3. The van der Waals surface area contributed by atoms with Gasteiger partial charge in [0, 0.05) is 12.1 Å². The summed E-state index contributed by atoms with van der Waals surface area (Å²) in [6.07, 6.45) is -3.58. The van der Waals surface area contributed by atoms with Gasteiger partial charge in [0.1, 0.15) is 10.6 Å². The Morgan fingerprint density at radius 3 is 2.61 bits per heavy atom. The van der Waals surface area contributed by atoms with Gasteiger partial charge in [-0.1, -0.05) is 29.5 Å². The monoisotopic (exact) mass is 274 g/mol.